The van der Waals surface area contributed by atoms with Gasteiger partial charge in [-0.1, -0.05) is 45.9 Å². The second-order valence-electron chi connectivity index (χ2n) is 25.3. The molecule has 5 N–H and O–H groups in total. The van der Waals surface area contributed by atoms with Crippen molar-refractivity contribution in [2.75, 3.05) is 13.2 Å². The summed E-state index contributed by atoms with van der Waals surface area (Å²) in [5.41, 5.74) is -5.06. The molecule has 4 aliphatic carbocycles. The van der Waals surface area contributed by atoms with Gasteiger partial charge in [-0.25, -0.2) is 23.2 Å². The Hall–Kier alpha value is -6.71. The first-order valence-electron chi connectivity index (χ1n) is 28.3. The summed E-state index contributed by atoms with van der Waals surface area (Å²) >= 11 is 0. The third-order valence-electron chi connectivity index (χ3n) is 20.8. The number of esters is 1. The van der Waals surface area contributed by atoms with Gasteiger partial charge in [-0.05, 0) is 130 Å². The van der Waals surface area contributed by atoms with E-state index in [-0.39, 0.29) is 70.9 Å². The third kappa shape index (κ3) is 8.89. The van der Waals surface area contributed by atoms with Crippen LogP contribution in [0.4, 0.5) is 8.78 Å². The minimum Gasteiger partial charge on any atom is -0.484 e. The minimum absolute atomic E-state index is 0.00589. The lowest BCUT2D eigenvalue weighted by atomic mass is 9.42. The topological polar surface area (TPSA) is 251 Å². The van der Waals surface area contributed by atoms with Crippen molar-refractivity contribution in [1.82, 2.24) is 9.97 Å². The summed E-state index contributed by atoms with van der Waals surface area (Å²) in [6.07, 6.45) is 2.63. The molecule has 4 aromatic heterocycles. The van der Waals surface area contributed by atoms with Crippen LogP contribution in [0, 0.1) is 57.0 Å². The first kappa shape index (κ1) is 56.8. The van der Waals surface area contributed by atoms with Crippen LogP contribution in [0.5, 0.6) is 11.5 Å². The lowest BCUT2D eigenvalue weighted by molar-refractivity contribution is -0.330. The van der Waals surface area contributed by atoms with Gasteiger partial charge in [0.1, 0.15) is 63.1 Å². The van der Waals surface area contributed by atoms with Crippen LogP contribution in [0.3, 0.4) is 0 Å². The Bertz CT molecular complexity index is 3570. The van der Waals surface area contributed by atoms with Crippen LogP contribution in [0.1, 0.15) is 126 Å². The smallest absolute Gasteiger partial charge is 0.345 e. The molecular formula is C64H68F2N2O15. The average molecular weight is 1140 g/mol. The van der Waals surface area contributed by atoms with Crippen LogP contribution >= 0.6 is 0 Å². The molecule has 7 heterocycles. The molecule has 3 aliphatic heterocycles. The number of aliphatic hydroxyl groups is 5. The maximum atomic E-state index is 14.8. The number of hydrogen-bond acceptors (Lipinski definition) is 17. The predicted octanol–water partition coefficient (Wildman–Crippen LogP) is 8.99. The van der Waals surface area contributed by atoms with Gasteiger partial charge in [-0.15, -0.1) is 0 Å². The molecule has 83 heavy (non-hydrogen) atoms. The zero-order chi connectivity index (χ0) is 58.8. The van der Waals surface area contributed by atoms with Crippen molar-refractivity contribution in [3.63, 3.8) is 0 Å². The van der Waals surface area contributed by atoms with Gasteiger partial charge in [0.05, 0.1) is 49.3 Å². The number of carbonyl (C=O) groups excluding carboxylic acids is 1. The molecule has 1 saturated heterocycles. The molecule has 4 saturated carbocycles. The molecule has 7 aliphatic rings. The van der Waals surface area contributed by atoms with Gasteiger partial charge in [0.15, 0.2) is 6.29 Å². The van der Waals surface area contributed by atoms with Crippen LogP contribution in [-0.2, 0) is 14.2 Å². The van der Waals surface area contributed by atoms with Crippen molar-refractivity contribution in [3.8, 4) is 34.1 Å². The van der Waals surface area contributed by atoms with E-state index in [1.165, 1.54) is 30.3 Å². The van der Waals surface area contributed by atoms with Crippen LogP contribution in [0.15, 0.2) is 128 Å². The Morgan fingerprint density at radius 1 is 0.675 bits per heavy atom. The number of halogens is 2. The summed E-state index contributed by atoms with van der Waals surface area (Å²) < 4.78 is 72.0. The molecular weight excluding hydrogens is 1070 g/mol. The van der Waals surface area contributed by atoms with Crippen molar-refractivity contribution in [1.29, 1.82) is 0 Å². The summed E-state index contributed by atoms with van der Waals surface area (Å²) in [6.45, 7) is 11.5. The summed E-state index contributed by atoms with van der Waals surface area (Å²) in [5, 5.41) is 56.2. The van der Waals surface area contributed by atoms with Crippen LogP contribution in [-0.4, -0.2) is 90.3 Å². The van der Waals surface area contributed by atoms with Gasteiger partial charge in [-0.2, -0.15) is 0 Å². The number of pyridine rings is 2. The summed E-state index contributed by atoms with van der Waals surface area (Å²) in [4.78, 5) is 48.6. The zero-order valence-electron chi connectivity index (χ0n) is 46.9. The van der Waals surface area contributed by atoms with Crippen LogP contribution < -0.4 is 20.7 Å². The number of fused-ring (bicyclic) bond motifs is 10. The lowest BCUT2D eigenvalue weighted by Crippen LogP contribution is -2.72. The van der Waals surface area contributed by atoms with E-state index in [1.807, 2.05) is 20.8 Å². The average Bonchev–Trinajstić information content (AvgIpc) is 2.08. The third-order valence-corrected chi connectivity index (χ3v) is 20.8. The van der Waals surface area contributed by atoms with Gasteiger partial charge >= 0.3 is 17.2 Å². The maximum absolute atomic E-state index is 14.8. The Kier molecular flexibility index (Phi) is 14.0. The van der Waals surface area contributed by atoms with Gasteiger partial charge in [-0.3, -0.25) is 9.97 Å². The highest BCUT2D eigenvalue weighted by molar-refractivity contribution is 5.89. The number of aromatic nitrogens is 2. The Balaban J connectivity index is 0.000000178. The number of rotatable bonds is 6. The highest BCUT2D eigenvalue weighted by Crippen LogP contribution is 2.70. The molecule has 438 valence electrons. The van der Waals surface area contributed by atoms with E-state index in [0.717, 1.165) is 0 Å². The molecule has 4 unspecified atom stereocenters. The fourth-order valence-corrected chi connectivity index (χ4v) is 16.5. The molecule has 0 amide bonds. The number of hydrogen-bond donors (Lipinski definition) is 5. The van der Waals surface area contributed by atoms with Crippen molar-refractivity contribution in [2.45, 2.75) is 134 Å². The molecule has 2 aromatic carbocycles. The van der Waals surface area contributed by atoms with Crippen LogP contribution in [0.2, 0.25) is 0 Å². The molecule has 0 radical (unpaired) electrons. The molecule has 0 bridgehead atoms. The summed E-state index contributed by atoms with van der Waals surface area (Å²) in [5.74, 6) is -2.74. The molecule has 6 aromatic rings. The number of carbonyl (C=O) groups is 1. The van der Waals surface area contributed by atoms with E-state index < -0.39 is 110 Å². The summed E-state index contributed by atoms with van der Waals surface area (Å²) in [6, 6.07) is 21.5. The van der Waals surface area contributed by atoms with E-state index in [4.69, 9.17) is 32.5 Å². The van der Waals surface area contributed by atoms with Gasteiger partial charge in [0.2, 0.25) is 0 Å². The van der Waals surface area contributed by atoms with Gasteiger partial charge in [0, 0.05) is 76.3 Å². The Morgan fingerprint density at radius 2 is 1.24 bits per heavy atom. The van der Waals surface area contributed by atoms with Crippen LogP contribution in [0.25, 0.3) is 22.6 Å². The fraction of sp³-hybridized carbons (Fsp3) is 0.484. The first-order valence-corrected chi connectivity index (χ1v) is 28.3. The standard InChI is InChI=1S/C39H37F2NO8.C25H31NO7/c1-37-15-14-29-38(2,20-46-36(49-29)24-8-4-5-9-25(24)41)28(37)18-30(48-34(44)21-10-12-23(40)13-11-21)39(3)33(37)32(43)31-27(50-39)17-26(47-35(31)45)22-7-6-16-42-19-22;1-23-7-6-17(28)24(2,12-27)16(23)10-18(29)25(3)21(23)20(30)19-15(33-25)9-14(32-22(19)31)13-5-4-8-26-11-13/h4-13,16-17,19,28-30,32-33,36,43H,14-15,18,20H2,1-3H3;4-5,8-9,11,16-18,20-21,27-30H,6-7,10,12H2,1-3H3/t28?,29-,30-,32-,33?,36+,37-,38-,39+;16?,17-,18-,20-,21?,23-,24-,25+/m00/s1. The molecule has 5 fully saturated rings. The second-order valence-corrected chi connectivity index (χ2v) is 25.3. The monoisotopic (exact) mass is 1140 g/mol. The lowest BCUT2D eigenvalue weighted by Gasteiger charge is -2.67. The zero-order valence-corrected chi connectivity index (χ0v) is 46.9. The van der Waals surface area contributed by atoms with Crippen molar-refractivity contribution in [2.24, 2.45) is 45.3 Å². The fourth-order valence-electron chi connectivity index (χ4n) is 16.5. The highest BCUT2D eigenvalue weighted by Gasteiger charge is 2.72. The quantitative estimate of drug-likeness (QED) is 0.0976. The van der Waals surface area contributed by atoms with E-state index in [0.29, 0.717) is 55.2 Å². The Labute approximate surface area is 477 Å². The van der Waals surface area contributed by atoms with E-state index in [1.54, 1.807) is 86.3 Å². The largest absolute Gasteiger partial charge is 0.484 e. The van der Waals surface area contributed by atoms with Crippen molar-refractivity contribution < 1.29 is 71.6 Å². The van der Waals surface area contributed by atoms with E-state index in [9.17, 15) is 48.7 Å². The molecule has 0 spiro atoms. The summed E-state index contributed by atoms with van der Waals surface area (Å²) in [7, 11) is 0. The highest BCUT2D eigenvalue weighted by atomic mass is 19.1. The van der Waals surface area contributed by atoms with Gasteiger partial charge < -0.3 is 58.1 Å². The van der Waals surface area contributed by atoms with E-state index >= 15 is 0 Å². The second kappa shape index (κ2) is 20.5. The number of aliphatic hydroxyl groups excluding tert-OH is 5. The molecule has 17 atom stereocenters. The number of nitrogens with zero attached hydrogens (tertiary/aromatic N) is 2. The number of benzene rings is 2. The normalized spacial score (nSPS) is 37.3. The molecule has 19 heteroatoms. The van der Waals surface area contributed by atoms with Gasteiger partial charge in [0.25, 0.3) is 0 Å². The Morgan fingerprint density at radius 3 is 1.82 bits per heavy atom. The predicted molar refractivity (Wildman–Crippen MR) is 293 cm³/mol. The minimum atomic E-state index is -1.35. The maximum Gasteiger partial charge on any atom is 0.345 e. The first-order chi connectivity index (χ1) is 39.5. The number of ether oxygens (including phenoxy) is 5. The van der Waals surface area contributed by atoms with Crippen molar-refractivity contribution in [3.05, 3.63) is 164 Å². The van der Waals surface area contributed by atoms with Crippen molar-refractivity contribution >= 4 is 5.97 Å². The molecule has 17 nitrogen and oxygen atoms in total. The van der Waals surface area contributed by atoms with E-state index in [2.05, 4.69) is 23.8 Å². The molecule has 13 rings (SSSR count). The SMILES string of the molecule is C[C@]12CC[C@@H]3O[C@H](c4ccccc4F)OC[C@@]3(C)C1C[C@H](OC(=O)c1ccc(F)cc1)[C@@]1(C)Oc3cc(-c4cccnc4)oc(=O)c3[C@H](O)C21.C[C@]12CC[C@H](O)[C@@](C)(CO)C1C[C@H](O)[C@@]1(C)Oc3cc(-c4cccnc4)oc(=O)c3[C@H](O)C21.